The first kappa shape index (κ1) is 24.8. The average Bonchev–Trinajstić information content (AvgIpc) is 3.41. The highest BCUT2D eigenvalue weighted by atomic mass is 32.1. The minimum Gasteiger partial charge on any atom is -0.506 e. The number of pyridine rings is 1. The average molecular weight is 512 g/mol. The molecule has 0 bridgehead atoms. The number of hydrogen-bond donors (Lipinski definition) is 2. The molecule has 4 aromatic rings. The van der Waals surface area contributed by atoms with Gasteiger partial charge in [0.25, 0.3) is 0 Å². The first-order valence-electron chi connectivity index (χ1n) is 12.8. The fourth-order valence-corrected chi connectivity index (χ4v) is 5.82. The maximum absolute atomic E-state index is 10.8. The van der Waals surface area contributed by atoms with Crippen molar-refractivity contribution in [3.8, 4) is 11.4 Å². The Kier molecular flexibility index (Phi) is 6.89. The highest BCUT2D eigenvalue weighted by Gasteiger charge is 2.43. The third kappa shape index (κ3) is 4.44. The van der Waals surface area contributed by atoms with E-state index in [1.54, 1.807) is 12.3 Å². The standard InChI is InChI=1S/C30H33N5OS/c1-5-33(6-2)22-14-16-23(17-15-22)34-20(3)19-24(21(34)4)29-28(25-11-9-10-18-31-25)32-30(37)35(29)26-12-7-8-13-27(26)36/h7-19,28-29,36H,5-6H2,1-4H3,(H,32,37)/t28-,29+/m0/s1. The molecule has 1 saturated heterocycles. The van der Waals surface area contributed by atoms with Crippen molar-refractivity contribution in [3.05, 3.63) is 102 Å². The number of aryl methyl sites for hydroxylation is 1. The van der Waals surface area contributed by atoms with Gasteiger partial charge in [0.15, 0.2) is 5.11 Å². The molecule has 0 saturated carbocycles. The summed E-state index contributed by atoms with van der Waals surface area (Å²) in [6.07, 6.45) is 1.81. The largest absolute Gasteiger partial charge is 0.506 e. The van der Waals surface area contributed by atoms with Crippen LogP contribution >= 0.6 is 12.2 Å². The minimum atomic E-state index is -0.189. The normalized spacial score (nSPS) is 17.2. The van der Waals surface area contributed by atoms with Gasteiger partial charge in [-0.2, -0.15) is 0 Å². The van der Waals surface area contributed by atoms with Crippen molar-refractivity contribution in [2.45, 2.75) is 39.8 Å². The van der Waals surface area contributed by atoms with E-state index in [2.05, 4.69) is 77.8 Å². The SMILES string of the molecule is CCN(CC)c1ccc(-n2c(C)cc([C@@H]3[C@H](c4ccccn4)NC(=S)N3c3ccccc3O)c2C)cc1. The summed E-state index contributed by atoms with van der Waals surface area (Å²) in [6, 6.07) is 23.9. The molecule has 190 valence electrons. The van der Waals surface area contributed by atoms with E-state index in [1.807, 2.05) is 41.3 Å². The van der Waals surface area contributed by atoms with E-state index in [9.17, 15) is 5.11 Å². The van der Waals surface area contributed by atoms with Crippen molar-refractivity contribution in [3.63, 3.8) is 0 Å². The number of hydrogen-bond acceptors (Lipinski definition) is 4. The molecule has 2 aromatic heterocycles. The lowest BCUT2D eigenvalue weighted by atomic mass is 9.96. The van der Waals surface area contributed by atoms with Crippen LogP contribution in [-0.4, -0.2) is 32.9 Å². The van der Waals surface area contributed by atoms with Gasteiger partial charge in [0.2, 0.25) is 0 Å². The molecule has 1 fully saturated rings. The van der Waals surface area contributed by atoms with Crippen LogP contribution in [0, 0.1) is 13.8 Å². The summed E-state index contributed by atoms with van der Waals surface area (Å²) < 4.78 is 2.29. The number of aromatic nitrogens is 2. The first-order valence-corrected chi connectivity index (χ1v) is 13.2. The van der Waals surface area contributed by atoms with Crippen LogP contribution in [0.1, 0.15) is 48.6 Å². The molecule has 2 N–H and O–H groups in total. The van der Waals surface area contributed by atoms with Crippen molar-refractivity contribution < 1.29 is 5.11 Å². The maximum Gasteiger partial charge on any atom is 0.174 e. The Hall–Kier alpha value is -3.84. The van der Waals surface area contributed by atoms with E-state index in [-0.39, 0.29) is 17.8 Å². The van der Waals surface area contributed by atoms with Gasteiger partial charge in [-0.3, -0.25) is 4.98 Å². The Bertz CT molecular complexity index is 1400. The summed E-state index contributed by atoms with van der Waals surface area (Å²) in [5.74, 6) is 0.194. The number of aromatic hydroxyl groups is 1. The van der Waals surface area contributed by atoms with Crippen LogP contribution < -0.4 is 15.1 Å². The van der Waals surface area contributed by atoms with Crippen molar-refractivity contribution in [1.29, 1.82) is 0 Å². The zero-order chi connectivity index (χ0) is 26.1. The highest BCUT2D eigenvalue weighted by Crippen LogP contribution is 2.45. The molecule has 2 atom stereocenters. The van der Waals surface area contributed by atoms with Crippen LogP contribution in [0.25, 0.3) is 5.69 Å². The van der Waals surface area contributed by atoms with Gasteiger partial charge >= 0.3 is 0 Å². The number of nitrogens with one attached hydrogen (secondary N) is 1. The summed E-state index contributed by atoms with van der Waals surface area (Å²) in [7, 11) is 0. The van der Waals surface area contributed by atoms with Gasteiger partial charge in [-0.05, 0) is 100 Å². The summed E-state index contributed by atoms with van der Waals surface area (Å²) >= 11 is 5.84. The number of thiocarbonyl (C=S) groups is 1. The van der Waals surface area contributed by atoms with E-state index >= 15 is 0 Å². The Morgan fingerprint density at radius 3 is 2.32 bits per heavy atom. The molecule has 0 unspecified atom stereocenters. The second-order valence-electron chi connectivity index (χ2n) is 9.34. The molecule has 7 heteroatoms. The van der Waals surface area contributed by atoms with Crippen molar-refractivity contribution in [2.75, 3.05) is 22.9 Å². The lowest BCUT2D eigenvalue weighted by Crippen LogP contribution is -2.29. The maximum atomic E-state index is 10.8. The van der Waals surface area contributed by atoms with E-state index in [1.165, 1.54) is 5.69 Å². The zero-order valence-corrected chi connectivity index (χ0v) is 22.5. The Morgan fingerprint density at radius 2 is 1.68 bits per heavy atom. The lowest BCUT2D eigenvalue weighted by molar-refractivity contribution is 0.472. The number of anilines is 2. The van der Waals surface area contributed by atoms with Crippen LogP contribution in [0.2, 0.25) is 0 Å². The number of rotatable bonds is 7. The number of para-hydroxylation sites is 2. The van der Waals surface area contributed by atoms with Crippen molar-refractivity contribution in [2.24, 2.45) is 0 Å². The van der Waals surface area contributed by atoms with E-state index in [4.69, 9.17) is 12.2 Å². The van der Waals surface area contributed by atoms with Gasteiger partial charge in [0, 0.05) is 42.0 Å². The molecule has 1 aliphatic heterocycles. The molecule has 0 spiro atoms. The number of phenolic OH excluding ortho intramolecular Hbond substituents is 1. The monoisotopic (exact) mass is 511 g/mol. The van der Waals surface area contributed by atoms with Gasteiger partial charge in [-0.1, -0.05) is 18.2 Å². The van der Waals surface area contributed by atoms with Crippen LogP contribution in [0.15, 0.2) is 79.0 Å². The van der Waals surface area contributed by atoms with E-state index < -0.39 is 0 Å². The molecule has 0 aliphatic carbocycles. The zero-order valence-electron chi connectivity index (χ0n) is 21.7. The van der Waals surface area contributed by atoms with Gasteiger partial charge in [-0.15, -0.1) is 0 Å². The van der Waals surface area contributed by atoms with E-state index in [0.717, 1.165) is 41.4 Å². The quantitative estimate of drug-likeness (QED) is 0.287. The molecule has 0 amide bonds. The van der Waals surface area contributed by atoms with Crippen molar-refractivity contribution in [1.82, 2.24) is 14.9 Å². The first-order chi connectivity index (χ1) is 17.9. The molecule has 37 heavy (non-hydrogen) atoms. The van der Waals surface area contributed by atoms with Crippen LogP contribution in [0.3, 0.4) is 0 Å². The predicted octanol–water partition coefficient (Wildman–Crippen LogP) is 6.22. The number of phenols is 1. The summed E-state index contributed by atoms with van der Waals surface area (Å²) in [6.45, 7) is 10.6. The topological polar surface area (TPSA) is 56.6 Å². The lowest BCUT2D eigenvalue weighted by Gasteiger charge is -2.28. The summed E-state index contributed by atoms with van der Waals surface area (Å²) in [4.78, 5) is 9.03. The highest BCUT2D eigenvalue weighted by molar-refractivity contribution is 7.80. The van der Waals surface area contributed by atoms with Gasteiger partial charge in [0.05, 0.1) is 23.5 Å². The smallest absolute Gasteiger partial charge is 0.174 e. The van der Waals surface area contributed by atoms with Gasteiger partial charge in [-0.25, -0.2) is 0 Å². The molecule has 6 nitrogen and oxygen atoms in total. The third-order valence-electron chi connectivity index (χ3n) is 7.26. The molecule has 5 rings (SSSR count). The minimum absolute atomic E-state index is 0.174. The van der Waals surface area contributed by atoms with Crippen LogP contribution in [0.5, 0.6) is 5.75 Å². The fraction of sp³-hybridized carbons (Fsp3) is 0.267. The van der Waals surface area contributed by atoms with Crippen molar-refractivity contribution >= 4 is 28.7 Å². The third-order valence-corrected chi connectivity index (χ3v) is 7.58. The summed E-state index contributed by atoms with van der Waals surface area (Å²) in [5, 5.41) is 14.8. The molecular formula is C30H33N5OS. The van der Waals surface area contributed by atoms with Crippen LogP contribution in [-0.2, 0) is 0 Å². The number of benzene rings is 2. The fourth-order valence-electron chi connectivity index (χ4n) is 5.48. The van der Waals surface area contributed by atoms with Gasteiger partial charge in [0.1, 0.15) is 5.75 Å². The molecule has 2 aromatic carbocycles. The molecule has 0 radical (unpaired) electrons. The summed E-state index contributed by atoms with van der Waals surface area (Å²) in [5.41, 5.74) is 7.33. The Balaban J connectivity index is 1.62. The molecular weight excluding hydrogens is 478 g/mol. The second-order valence-corrected chi connectivity index (χ2v) is 9.72. The molecule has 3 heterocycles. The van der Waals surface area contributed by atoms with Crippen LogP contribution in [0.4, 0.5) is 11.4 Å². The Labute approximate surface area is 224 Å². The van der Waals surface area contributed by atoms with Gasteiger partial charge < -0.3 is 24.8 Å². The molecule has 1 aliphatic rings. The number of nitrogens with zero attached hydrogens (tertiary/aromatic N) is 4. The predicted molar refractivity (Wildman–Crippen MR) is 155 cm³/mol. The Morgan fingerprint density at radius 1 is 0.973 bits per heavy atom. The van der Waals surface area contributed by atoms with E-state index in [0.29, 0.717) is 10.8 Å². The second kappa shape index (κ2) is 10.3.